The standard InChI is InChI=1S/C30H33Cl4N5O/c1-20-18-38(12-13-39(20)25-8-10-37(11-9-25)19-21-2-5-24(31)6-3-21)29-28(34)15-23(17-35-29)30(40)36-16-22-4-7-26(32)27(33)14-22/h2-7,14-15,17,20,25H,8-13,16,18-19H2,1H3,(H,36,40). The van der Waals surface area contributed by atoms with E-state index in [1.807, 2.05) is 18.2 Å². The van der Waals surface area contributed by atoms with Crippen LogP contribution in [0.5, 0.6) is 0 Å². The van der Waals surface area contributed by atoms with E-state index in [2.05, 4.69) is 44.1 Å². The molecule has 0 saturated carbocycles. The van der Waals surface area contributed by atoms with Crippen molar-refractivity contribution in [2.75, 3.05) is 37.6 Å². The minimum absolute atomic E-state index is 0.243. The average molecular weight is 621 g/mol. The molecular formula is C30H33Cl4N5O. The van der Waals surface area contributed by atoms with Crippen molar-refractivity contribution in [2.24, 2.45) is 0 Å². The number of carbonyl (C=O) groups excluding carboxylic acids is 1. The van der Waals surface area contributed by atoms with Crippen molar-refractivity contribution in [3.05, 3.63) is 91.5 Å². The molecule has 2 aliphatic rings. The highest BCUT2D eigenvalue weighted by Gasteiger charge is 2.32. The fourth-order valence-electron chi connectivity index (χ4n) is 5.69. The highest BCUT2D eigenvalue weighted by atomic mass is 35.5. The molecule has 212 valence electrons. The summed E-state index contributed by atoms with van der Waals surface area (Å²) in [5.41, 5.74) is 2.59. The fraction of sp³-hybridized carbons (Fsp3) is 0.400. The first-order valence-corrected chi connectivity index (χ1v) is 15.1. The van der Waals surface area contributed by atoms with Gasteiger partial charge >= 0.3 is 0 Å². The van der Waals surface area contributed by atoms with Crippen LogP contribution < -0.4 is 10.2 Å². The lowest BCUT2D eigenvalue weighted by Gasteiger charge is -2.47. The molecule has 1 N–H and O–H groups in total. The normalized spacial score (nSPS) is 19.1. The topological polar surface area (TPSA) is 51.7 Å². The Morgan fingerprint density at radius 2 is 1.62 bits per heavy atom. The SMILES string of the molecule is CC1CN(c2ncc(C(=O)NCc3ccc(Cl)c(Cl)c3)cc2Cl)CCN1C1CCN(Cc2ccc(Cl)cc2)CC1. The Morgan fingerprint density at radius 1 is 0.900 bits per heavy atom. The summed E-state index contributed by atoms with van der Waals surface area (Å²) in [7, 11) is 0. The van der Waals surface area contributed by atoms with E-state index in [1.165, 1.54) is 18.4 Å². The third-order valence-electron chi connectivity index (χ3n) is 7.85. The number of hydrogen-bond donors (Lipinski definition) is 1. The van der Waals surface area contributed by atoms with Crippen molar-refractivity contribution in [1.29, 1.82) is 0 Å². The van der Waals surface area contributed by atoms with Gasteiger partial charge in [0.2, 0.25) is 0 Å². The van der Waals surface area contributed by atoms with E-state index in [9.17, 15) is 4.79 Å². The van der Waals surface area contributed by atoms with E-state index in [1.54, 1.807) is 24.4 Å². The van der Waals surface area contributed by atoms with Crippen LogP contribution in [0.1, 0.15) is 41.3 Å². The molecule has 6 nitrogen and oxygen atoms in total. The van der Waals surface area contributed by atoms with E-state index < -0.39 is 0 Å². The third-order valence-corrected chi connectivity index (χ3v) is 9.11. The minimum atomic E-state index is -0.243. The maximum Gasteiger partial charge on any atom is 0.253 e. The first-order valence-electron chi connectivity index (χ1n) is 13.6. The number of nitrogens with zero attached hydrogens (tertiary/aromatic N) is 4. The van der Waals surface area contributed by atoms with Gasteiger partial charge in [-0.05, 0) is 74.3 Å². The highest BCUT2D eigenvalue weighted by Crippen LogP contribution is 2.29. The van der Waals surface area contributed by atoms with Crippen LogP contribution in [-0.4, -0.2) is 65.5 Å². The number of piperidine rings is 1. The van der Waals surface area contributed by atoms with Gasteiger partial charge in [-0.3, -0.25) is 14.6 Å². The van der Waals surface area contributed by atoms with Gasteiger partial charge in [-0.1, -0.05) is 64.6 Å². The second-order valence-electron chi connectivity index (χ2n) is 10.6. The summed E-state index contributed by atoms with van der Waals surface area (Å²) < 4.78 is 0. The number of hydrogen-bond acceptors (Lipinski definition) is 5. The molecule has 1 aromatic heterocycles. The zero-order chi connectivity index (χ0) is 28.2. The van der Waals surface area contributed by atoms with Crippen molar-refractivity contribution in [1.82, 2.24) is 20.1 Å². The zero-order valence-corrected chi connectivity index (χ0v) is 25.4. The van der Waals surface area contributed by atoms with Crippen LogP contribution in [0.25, 0.3) is 0 Å². The number of rotatable bonds is 7. The van der Waals surface area contributed by atoms with Crippen LogP contribution in [0, 0.1) is 0 Å². The van der Waals surface area contributed by atoms with Gasteiger partial charge in [0.25, 0.3) is 5.91 Å². The molecule has 0 aliphatic carbocycles. The zero-order valence-electron chi connectivity index (χ0n) is 22.4. The molecule has 0 bridgehead atoms. The second kappa shape index (κ2) is 13.3. The predicted molar refractivity (Wildman–Crippen MR) is 165 cm³/mol. The molecule has 1 unspecified atom stereocenters. The molecule has 2 aromatic carbocycles. The lowest BCUT2D eigenvalue weighted by molar-refractivity contribution is 0.0690. The lowest BCUT2D eigenvalue weighted by Crippen LogP contribution is -2.57. The Morgan fingerprint density at radius 3 is 2.30 bits per heavy atom. The van der Waals surface area contributed by atoms with E-state index in [0.29, 0.717) is 39.3 Å². The minimum Gasteiger partial charge on any atom is -0.353 e. The van der Waals surface area contributed by atoms with Gasteiger partial charge in [0.05, 0.1) is 20.6 Å². The van der Waals surface area contributed by atoms with Crippen LogP contribution in [-0.2, 0) is 13.1 Å². The summed E-state index contributed by atoms with van der Waals surface area (Å²) in [6.07, 6.45) is 3.94. The van der Waals surface area contributed by atoms with E-state index >= 15 is 0 Å². The molecule has 3 aromatic rings. The van der Waals surface area contributed by atoms with Crippen molar-refractivity contribution in [3.8, 4) is 0 Å². The first-order chi connectivity index (χ1) is 19.3. The Hall–Kier alpha value is -2.06. The smallest absolute Gasteiger partial charge is 0.253 e. The van der Waals surface area contributed by atoms with E-state index in [0.717, 1.165) is 55.7 Å². The number of likely N-dealkylation sites (tertiary alicyclic amines) is 1. The van der Waals surface area contributed by atoms with Gasteiger partial charge in [-0.15, -0.1) is 0 Å². The molecule has 0 spiro atoms. The van der Waals surface area contributed by atoms with Crippen molar-refractivity contribution in [3.63, 3.8) is 0 Å². The molecule has 10 heteroatoms. The van der Waals surface area contributed by atoms with Crippen LogP contribution in [0.15, 0.2) is 54.7 Å². The van der Waals surface area contributed by atoms with Crippen molar-refractivity contribution >= 4 is 58.1 Å². The molecular weight excluding hydrogens is 588 g/mol. The molecule has 2 saturated heterocycles. The third kappa shape index (κ3) is 7.22. The molecule has 2 fully saturated rings. The Kier molecular flexibility index (Phi) is 9.77. The Balaban J connectivity index is 1.12. The summed E-state index contributed by atoms with van der Waals surface area (Å²) in [6, 6.07) is 16.1. The number of pyridine rings is 1. The quantitative estimate of drug-likeness (QED) is 0.315. The molecule has 5 rings (SSSR count). The number of nitrogens with one attached hydrogen (secondary N) is 1. The van der Waals surface area contributed by atoms with Gasteiger partial charge in [-0.2, -0.15) is 0 Å². The van der Waals surface area contributed by atoms with Crippen molar-refractivity contribution in [2.45, 2.75) is 44.9 Å². The van der Waals surface area contributed by atoms with Gasteiger partial charge in [0, 0.05) is 56.0 Å². The second-order valence-corrected chi connectivity index (χ2v) is 12.3. The largest absolute Gasteiger partial charge is 0.353 e. The molecule has 1 amide bonds. The number of piperazine rings is 1. The van der Waals surface area contributed by atoms with Crippen LogP contribution in [0.3, 0.4) is 0 Å². The molecule has 1 atom stereocenters. The van der Waals surface area contributed by atoms with Crippen molar-refractivity contribution < 1.29 is 4.79 Å². The summed E-state index contributed by atoms with van der Waals surface area (Å²) >= 11 is 24.7. The van der Waals surface area contributed by atoms with Crippen LogP contribution in [0.2, 0.25) is 20.1 Å². The summed E-state index contributed by atoms with van der Waals surface area (Å²) in [6.45, 7) is 8.45. The van der Waals surface area contributed by atoms with Gasteiger partial charge < -0.3 is 10.2 Å². The highest BCUT2D eigenvalue weighted by molar-refractivity contribution is 6.42. The number of aromatic nitrogens is 1. The predicted octanol–water partition coefficient (Wildman–Crippen LogP) is 6.80. The lowest BCUT2D eigenvalue weighted by atomic mass is 9.99. The summed E-state index contributed by atoms with van der Waals surface area (Å²) in [4.78, 5) is 24.7. The van der Waals surface area contributed by atoms with Gasteiger partial charge in [-0.25, -0.2) is 4.98 Å². The van der Waals surface area contributed by atoms with Gasteiger partial charge in [0.1, 0.15) is 5.82 Å². The Labute approximate surface area is 256 Å². The summed E-state index contributed by atoms with van der Waals surface area (Å²) in [5, 5.41) is 5.09. The first kappa shape index (κ1) is 29.4. The molecule has 2 aliphatic heterocycles. The van der Waals surface area contributed by atoms with E-state index in [4.69, 9.17) is 46.4 Å². The van der Waals surface area contributed by atoms with Crippen LogP contribution >= 0.6 is 46.4 Å². The molecule has 3 heterocycles. The molecule has 40 heavy (non-hydrogen) atoms. The number of benzene rings is 2. The Bertz CT molecular complexity index is 1330. The fourth-order valence-corrected chi connectivity index (χ4v) is 6.42. The van der Waals surface area contributed by atoms with E-state index in [-0.39, 0.29) is 5.91 Å². The number of halogens is 4. The number of anilines is 1. The average Bonchev–Trinajstić information content (AvgIpc) is 2.95. The van der Waals surface area contributed by atoms with Crippen LogP contribution in [0.4, 0.5) is 5.82 Å². The number of carbonyl (C=O) groups is 1. The number of amides is 1. The monoisotopic (exact) mass is 619 g/mol. The summed E-state index contributed by atoms with van der Waals surface area (Å²) in [5.74, 6) is 0.486. The van der Waals surface area contributed by atoms with Gasteiger partial charge in [0.15, 0.2) is 0 Å². The maximum atomic E-state index is 12.7. The molecule has 0 radical (unpaired) electrons. The maximum absolute atomic E-state index is 12.7.